The molecule has 0 atom stereocenters. The van der Waals surface area contributed by atoms with Gasteiger partial charge in [0.15, 0.2) is 5.76 Å². The van der Waals surface area contributed by atoms with Gasteiger partial charge in [0.05, 0.1) is 12.2 Å². The zero-order valence-electron chi connectivity index (χ0n) is 11.8. The van der Waals surface area contributed by atoms with Gasteiger partial charge in [0.2, 0.25) is 11.7 Å². The second-order valence-corrected chi connectivity index (χ2v) is 5.45. The van der Waals surface area contributed by atoms with Crippen molar-refractivity contribution in [3.8, 4) is 11.6 Å². The Kier molecular flexibility index (Phi) is 3.23. The number of rotatable bonds is 4. The molecule has 0 spiro atoms. The Morgan fingerprint density at radius 3 is 2.91 bits per heavy atom. The molecule has 1 aliphatic rings. The monoisotopic (exact) mass is 299 g/mol. The van der Waals surface area contributed by atoms with Gasteiger partial charge in [0.25, 0.3) is 0 Å². The smallest absolute Gasteiger partial charge is 0.238 e. The molecule has 0 radical (unpaired) electrons. The summed E-state index contributed by atoms with van der Waals surface area (Å²) in [6, 6.07) is 10.3. The number of halogens is 1. The first-order chi connectivity index (χ1) is 10.8. The van der Waals surface area contributed by atoms with Crippen molar-refractivity contribution in [1.82, 2.24) is 15.0 Å². The fourth-order valence-corrected chi connectivity index (χ4v) is 2.66. The largest absolute Gasteiger partial charge is 0.461 e. The minimum Gasteiger partial charge on any atom is -0.461 e. The van der Waals surface area contributed by atoms with Gasteiger partial charge < -0.3 is 8.94 Å². The van der Waals surface area contributed by atoms with E-state index in [4.69, 9.17) is 8.94 Å². The first kappa shape index (κ1) is 13.2. The maximum Gasteiger partial charge on any atom is 0.238 e. The predicted octanol–water partition coefficient (Wildman–Crippen LogP) is 3.07. The molecule has 0 unspecified atom stereocenters. The fraction of sp³-hybridized carbons (Fsp3) is 0.250. The Morgan fingerprint density at radius 1 is 1.23 bits per heavy atom. The average Bonchev–Trinajstić information content (AvgIpc) is 3.13. The molecule has 4 rings (SSSR count). The van der Waals surface area contributed by atoms with Gasteiger partial charge in [-0.3, -0.25) is 4.90 Å². The van der Waals surface area contributed by atoms with Crippen molar-refractivity contribution in [2.24, 2.45) is 0 Å². The van der Waals surface area contributed by atoms with Gasteiger partial charge >= 0.3 is 0 Å². The highest BCUT2D eigenvalue weighted by Gasteiger charge is 2.32. The van der Waals surface area contributed by atoms with Crippen molar-refractivity contribution in [3.05, 3.63) is 59.9 Å². The number of likely N-dealkylation sites (tertiary alicyclic amines) is 1. The number of hydrogen-bond donors (Lipinski definition) is 0. The summed E-state index contributed by atoms with van der Waals surface area (Å²) in [7, 11) is 0. The number of nitrogens with zero attached hydrogens (tertiary/aromatic N) is 3. The van der Waals surface area contributed by atoms with Crippen molar-refractivity contribution in [1.29, 1.82) is 0 Å². The lowest BCUT2D eigenvalue weighted by Crippen LogP contribution is -2.44. The number of hydrogen-bond acceptors (Lipinski definition) is 5. The first-order valence-corrected chi connectivity index (χ1v) is 7.12. The molecule has 0 saturated carbocycles. The van der Waals surface area contributed by atoms with Gasteiger partial charge in [-0.25, -0.2) is 4.39 Å². The number of benzene rings is 1. The summed E-state index contributed by atoms with van der Waals surface area (Å²) < 4.78 is 23.7. The van der Waals surface area contributed by atoms with Crippen LogP contribution in [0.4, 0.5) is 4.39 Å². The van der Waals surface area contributed by atoms with Crippen LogP contribution in [0.3, 0.4) is 0 Å². The van der Waals surface area contributed by atoms with E-state index >= 15 is 0 Å². The van der Waals surface area contributed by atoms with Crippen molar-refractivity contribution in [3.63, 3.8) is 0 Å². The summed E-state index contributed by atoms with van der Waals surface area (Å²) in [5.41, 5.74) is 0.972. The van der Waals surface area contributed by atoms with Gasteiger partial charge in [-0.1, -0.05) is 17.3 Å². The van der Waals surface area contributed by atoms with Crippen LogP contribution in [0, 0.1) is 5.82 Å². The zero-order chi connectivity index (χ0) is 14.9. The lowest BCUT2D eigenvalue weighted by Gasteiger charge is -2.37. The molecule has 6 heteroatoms. The van der Waals surface area contributed by atoms with Crippen LogP contribution in [-0.4, -0.2) is 28.1 Å². The van der Waals surface area contributed by atoms with Crippen LogP contribution < -0.4 is 0 Å². The lowest BCUT2D eigenvalue weighted by molar-refractivity contribution is 0.117. The Morgan fingerprint density at radius 2 is 2.14 bits per heavy atom. The second-order valence-electron chi connectivity index (χ2n) is 5.45. The Hall–Kier alpha value is -2.47. The summed E-state index contributed by atoms with van der Waals surface area (Å²) in [6.45, 7) is 2.39. The fourth-order valence-electron chi connectivity index (χ4n) is 2.66. The van der Waals surface area contributed by atoms with Crippen LogP contribution in [-0.2, 0) is 6.54 Å². The third-order valence-electron chi connectivity index (χ3n) is 3.78. The molecule has 0 amide bonds. The molecule has 2 aromatic heterocycles. The molecule has 5 nitrogen and oxygen atoms in total. The van der Waals surface area contributed by atoms with E-state index in [1.165, 1.54) is 6.07 Å². The van der Waals surface area contributed by atoms with E-state index in [-0.39, 0.29) is 11.7 Å². The molecule has 3 heterocycles. The topological polar surface area (TPSA) is 55.3 Å². The third-order valence-corrected chi connectivity index (χ3v) is 3.78. The number of aromatic nitrogens is 2. The molecule has 0 bridgehead atoms. The quantitative estimate of drug-likeness (QED) is 0.741. The van der Waals surface area contributed by atoms with Crippen LogP contribution in [0.1, 0.15) is 17.4 Å². The van der Waals surface area contributed by atoms with Crippen molar-refractivity contribution in [2.45, 2.75) is 12.5 Å². The van der Waals surface area contributed by atoms with Crippen molar-refractivity contribution < 1.29 is 13.3 Å². The van der Waals surface area contributed by atoms with E-state index in [9.17, 15) is 4.39 Å². The SMILES string of the molecule is Fc1cccc(CN2CC(c3nc(-c4ccco4)no3)C2)c1. The van der Waals surface area contributed by atoms with E-state index in [1.54, 1.807) is 30.5 Å². The molecule has 1 saturated heterocycles. The molecule has 1 aliphatic heterocycles. The summed E-state index contributed by atoms with van der Waals surface area (Å²) >= 11 is 0. The first-order valence-electron chi connectivity index (χ1n) is 7.12. The maximum absolute atomic E-state index is 13.2. The Bertz CT molecular complexity index is 763. The summed E-state index contributed by atoms with van der Waals surface area (Å²) in [5, 5.41) is 3.93. The minimum atomic E-state index is -0.199. The van der Waals surface area contributed by atoms with E-state index in [1.807, 2.05) is 6.07 Å². The molecule has 3 aromatic rings. The highest BCUT2D eigenvalue weighted by Crippen LogP contribution is 2.28. The molecule has 0 aliphatic carbocycles. The lowest BCUT2D eigenvalue weighted by atomic mass is 9.99. The van der Waals surface area contributed by atoms with Gasteiger partial charge in [-0.15, -0.1) is 0 Å². The molecule has 0 N–H and O–H groups in total. The van der Waals surface area contributed by atoms with Gasteiger partial charge in [-0.2, -0.15) is 4.98 Å². The summed E-state index contributed by atoms with van der Waals surface area (Å²) in [5.74, 6) is 1.73. The third kappa shape index (κ3) is 2.53. The number of furan rings is 1. The Labute approximate surface area is 126 Å². The second kappa shape index (κ2) is 5.38. The summed E-state index contributed by atoms with van der Waals surface area (Å²) in [4.78, 5) is 6.59. The van der Waals surface area contributed by atoms with Crippen LogP contribution in [0.15, 0.2) is 51.6 Å². The van der Waals surface area contributed by atoms with Gasteiger partial charge in [0.1, 0.15) is 5.82 Å². The minimum absolute atomic E-state index is 0.199. The molecular weight excluding hydrogens is 285 g/mol. The summed E-state index contributed by atoms with van der Waals surface area (Å²) in [6.07, 6.45) is 1.58. The van der Waals surface area contributed by atoms with E-state index in [2.05, 4.69) is 15.0 Å². The Balaban J connectivity index is 1.37. The zero-order valence-corrected chi connectivity index (χ0v) is 11.8. The maximum atomic E-state index is 13.2. The van der Waals surface area contributed by atoms with E-state index in [0.717, 1.165) is 25.2 Å². The van der Waals surface area contributed by atoms with Crippen LogP contribution >= 0.6 is 0 Å². The predicted molar refractivity (Wildman–Crippen MR) is 76.4 cm³/mol. The van der Waals surface area contributed by atoms with Crippen LogP contribution in [0.25, 0.3) is 11.6 Å². The highest BCUT2D eigenvalue weighted by atomic mass is 19.1. The standard InChI is InChI=1S/C16H14FN3O2/c17-13-4-1-3-11(7-13)8-20-9-12(10-20)16-18-15(19-22-16)14-5-2-6-21-14/h1-7,12H,8-10H2. The van der Waals surface area contributed by atoms with Crippen LogP contribution in [0.2, 0.25) is 0 Å². The van der Waals surface area contributed by atoms with E-state index < -0.39 is 0 Å². The molecule has 1 aromatic carbocycles. The van der Waals surface area contributed by atoms with Crippen LogP contribution in [0.5, 0.6) is 0 Å². The molecular formula is C16H14FN3O2. The van der Waals surface area contributed by atoms with Gasteiger partial charge in [-0.05, 0) is 29.8 Å². The molecule has 112 valence electrons. The normalized spacial score (nSPS) is 15.9. The van der Waals surface area contributed by atoms with Gasteiger partial charge in [0, 0.05) is 19.6 Å². The molecule has 1 fully saturated rings. The highest BCUT2D eigenvalue weighted by molar-refractivity contribution is 5.44. The van der Waals surface area contributed by atoms with E-state index in [0.29, 0.717) is 17.5 Å². The average molecular weight is 299 g/mol. The van der Waals surface area contributed by atoms with Crippen molar-refractivity contribution >= 4 is 0 Å². The molecule has 22 heavy (non-hydrogen) atoms. The van der Waals surface area contributed by atoms with Crippen molar-refractivity contribution in [2.75, 3.05) is 13.1 Å².